The van der Waals surface area contributed by atoms with Crippen molar-refractivity contribution >= 4 is 79.7 Å². The molecule has 11 heteroatoms. The summed E-state index contributed by atoms with van der Waals surface area (Å²) in [4.78, 5) is 19.6. The molecule has 9 aromatic rings. The third kappa shape index (κ3) is 4.12. The quantitative estimate of drug-likeness (QED) is 0.149. The van der Waals surface area contributed by atoms with Crippen molar-refractivity contribution in [2.75, 3.05) is 10.9 Å². The predicted molar refractivity (Wildman–Crippen MR) is 204 cm³/mol. The van der Waals surface area contributed by atoms with Gasteiger partial charge in [0.2, 0.25) is 0 Å². The Labute approximate surface area is 289 Å². The minimum atomic E-state index is 0.685. The van der Waals surface area contributed by atoms with Crippen LogP contribution in [0.15, 0.2) is 136 Å². The van der Waals surface area contributed by atoms with E-state index in [9.17, 15) is 0 Å². The molecule has 0 radical (unpaired) electrons. The summed E-state index contributed by atoms with van der Waals surface area (Å²) in [5.41, 5.74) is 24.9. The Morgan fingerprint density at radius 2 is 0.961 bits per heavy atom. The molecule has 0 spiro atoms. The van der Waals surface area contributed by atoms with Gasteiger partial charge in [0.05, 0.1) is 22.4 Å². The number of aliphatic imine (C=N–C) groups is 2. The fourth-order valence-electron chi connectivity index (χ4n) is 7.27. The smallest absolute Gasteiger partial charge is 0.157 e. The van der Waals surface area contributed by atoms with Crippen LogP contribution in [0.5, 0.6) is 0 Å². The fraction of sp³-hybridized carbons (Fsp3) is 0. The molecule has 0 saturated carbocycles. The number of para-hydroxylation sites is 2. The van der Waals surface area contributed by atoms with Crippen molar-refractivity contribution in [3.05, 3.63) is 121 Å². The zero-order chi connectivity index (χ0) is 33.5. The Morgan fingerprint density at radius 1 is 0.490 bits per heavy atom. The Morgan fingerprint density at radius 3 is 1.43 bits per heavy atom. The molecule has 11 nitrogen and oxygen atoms in total. The second-order valence-electron chi connectivity index (χ2n) is 12.4. The number of aromatic nitrogens is 4. The standard InChI is InChI=1S/C40H26N10O/c1-3-7-25(8-4-1)49-31-19-23(11-13-27(31)35-39(49)47-43-21-41-35)29-15-17-33-37(45-29)38-34(51-33)18-16-30(46-38)24-12-14-28-32(20-24)50(26-9-5-2-6-10-26)40-36(28)42-22-44-48-40/h1-22,47-48H,(H,41,43)(H,42,44). The van der Waals surface area contributed by atoms with Crippen LogP contribution in [-0.4, -0.2) is 31.8 Å². The van der Waals surface area contributed by atoms with Crippen molar-refractivity contribution < 1.29 is 4.42 Å². The topological polar surface area (TPSA) is 122 Å². The number of hydrogen-bond donors (Lipinski definition) is 4. The van der Waals surface area contributed by atoms with Crippen LogP contribution in [0.3, 0.4) is 0 Å². The van der Waals surface area contributed by atoms with Gasteiger partial charge in [-0.3, -0.25) is 30.8 Å². The molecule has 4 N–H and O–H groups in total. The Hall–Kier alpha value is -7.40. The molecule has 0 unspecified atom stereocenters. The maximum absolute atomic E-state index is 6.24. The number of nitrogens with one attached hydrogen (secondary N) is 4. The van der Waals surface area contributed by atoms with E-state index in [1.165, 1.54) is 0 Å². The average molecular weight is 663 g/mol. The van der Waals surface area contributed by atoms with Crippen molar-refractivity contribution in [1.82, 2.24) is 30.0 Å². The second kappa shape index (κ2) is 10.5. The summed E-state index contributed by atoms with van der Waals surface area (Å²) in [6, 6.07) is 41.2. The van der Waals surface area contributed by atoms with Crippen molar-refractivity contribution in [3.63, 3.8) is 0 Å². The molecular weight excluding hydrogens is 637 g/mol. The van der Waals surface area contributed by atoms with Crippen molar-refractivity contribution in [3.8, 4) is 33.9 Å². The van der Waals surface area contributed by atoms with Gasteiger partial charge in [0.1, 0.15) is 35.1 Å². The first-order valence-electron chi connectivity index (χ1n) is 16.6. The van der Waals surface area contributed by atoms with Gasteiger partial charge in [0, 0.05) is 33.3 Å². The number of hydrogen-bond acceptors (Lipinski definition) is 9. The maximum Gasteiger partial charge on any atom is 0.157 e. The van der Waals surface area contributed by atoms with Gasteiger partial charge in [-0.1, -0.05) is 48.5 Å². The van der Waals surface area contributed by atoms with Crippen LogP contribution in [0.2, 0.25) is 0 Å². The molecule has 11 rings (SSSR count). The molecule has 0 bridgehead atoms. The van der Waals surface area contributed by atoms with E-state index in [0.29, 0.717) is 22.2 Å². The van der Waals surface area contributed by atoms with Crippen LogP contribution >= 0.6 is 0 Å². The first kappa shape index (κ1) is 27.5. The van der Waals surface area contributed by atoms with Crippen molar-refractivity contribution in [1.29, 1.82) is 0 Å². The summed E-state index contributed by atoms with van der Waals surface area (Å²) in [6.07, 6.45) is 3.34. The zero-order valence-corrected chi connectivity index (χ0v) is 26.8. The van der Waals surface area contributed by atoms with Crippen molar-refractivity contribution in [2.45, 2.75) is 0 Å². The Balaban J connectivity index is 1.05. The van der Waals surface area contributed by atoms with Crippen LogP contribution in [0, 0.1) is 0 Å². The minimum absolute atomic E-state index is 0.685. The van der Waals surface area contributed by atoms with E-state index in [4.69, 9.17) is 14.4 Å². The van der Waals surface area contributed by atoms with Gasteiger partial charge in [0.15, 0.2) is 22.8 Å². The lowest BCUT2D eigenvalue weighted by Crippen LogP contribution is -2.23. The SMILES string of the molecule is C1=Nc2c(n(-c3ccccc3)c3cc(-c4ccc5oc6ccc(-c7ccc8c9c(n(-c%10ccccc%10)c8c7)NNC=N9)nc6c5n4)ccc23)NN1. The fourth-order valence-corrected chi connectivity index (χ4v) is 7.27. The van der Waals surface area contributed by atoms with Crippen LogP contribution in [0.4, 0.5) is 23.0 Å². The molecule has 2 aliphatic heterocycles. The molecule has 0 aliphatic carbocycles. The lowest BCUT2D eigenvalue weighted by molar-refractivity contribution is 0.667. The molecule has 0 atom stereocenters. The normalized spacial score (nSPS) is 13.2. The number of pyridine rings is 2. The van der Waals surface area contributed by atoms with E-state index in [1.54, 1.807) is 12.7 Å². The number of anilines is 2. The Bertz CT molecular complexity index is 2720. The number of furan rings is 1. The average Bonchev–Trinajstić information content (AvgIpc) is 3.85. The van der Waals surface area contributed by atoms with E-state index in [0.717, 1.165) is 78.7 Å². The summed E-state index contributed by atoms with van der Waals surface area (Å²) >= 11 is 0. The summed E-state index contributed by atoms with van der Waals surface area (Å²) in [7, 11) is 0. The molecule has 0 fully saturated rings. The predicted octanol–water partition coefficient (Wildman–Crippen LogP) is 8.78. The largest absolute Gasteiger partial charge is 0.453 e. The summed E-state index contributed by atoms with van der Waals surface area (Å²) in [6.45, 7) is 0. The number of rotatable bonds is 4. The highest BCUT2D eigenvalue weighted by molar-refractivity contribution is 6.06. The molecular formula is C40H26N10O. The highest BCUT2D eigenvalue weighted by atomic mass is 16.3. The molecule has 5 aromatic heterocycles. The summed E-state index contributed by atoms with van der Waals surface area (Å²) in [5, 5.41) is 2.08. The van der Waals surface area contributed by atoms with E-state index in [-0.39, 0.29) is 0 Å². The zero-order valence-electron chi connectivity index (χ0n) is 26.8. The van der Waals surface area contributed by atoms with Crippen LogP contribution in [0.25, 0.3) is 77.9 Å². The summed E-state index contributed by atoms with van der Waals surface area (Å²) < 4.78 is 10.6. The van der Waals surface area contributed by atoms with Crippen LogP contribution in [-0.2, 0) is 0 Å². The Kier molecular flexibility index (Phi) is 5.70. The third-order valence-electron chi connectivity index (χ3n) is 9.56. The van der Waals surface area contributed by atoms with Crippen LogP contribution < -0.4 is 21.7 Å². The molecule has 51 heavy (non-hydrogen) atoms. The molecule has 7 heterocycles. The van der Waals surface area contributed by atoms with E-state index in [1.807, 2.05) is 60.7 Å². The number of benzene rings is 4. The van der Waals surface area contributed by atoms with Gasteiger partial charge >= 0.3 is 0 Å². The second-order valence-corrected chi connectivity index (χ2v) is 12.4. The van der Waals surface area contributed by atoms with Gasteiger partial charge in [0.25, 0.3) is 0 Å². The minimum Gasteiger partial charge on any atom is -0.453 e. The number of fused-ring (bicyclic) bond motifs is 9. The van der Waals surface area contributed by atoms with Gasteiger partial charge in [-0.05, 0) is 72.8 Å². The monoisotopic (exact) mass is 662 g/mol. The van der Waals surface area contributed by atoms with Gasteiger partial charge in [-0.25, -0.2) is 20.0 Å². The number of nitrogens with zero attached hydrogens (tertiary/aromatic N) is 6. The highest BCUT2D eigenvalue weighted by Crippen LogP contribution is 2.43. The van der Waals surface area contributed by atoms with Gasteiger partial charge in [-0.2, -0.15) is 0 Å². The highest BCUT2D eigenvalue weighted by Gasteiger charge is 2.23. The molecule has 4 aromatic carbocycles. The van der Waals surface area contributed by atoms with Crippen LogP contribution in [0.1, 0.15) is 0 Å². The van der Waals surface area contributed by atoms with E-state index in [2.05, 4.69) is 101 Å². The maximum atomic E-state index is 6.24. The third-order valence-corrected chi connectivity index (χ3v) is 9.56. The van der Waals surface area contributed by atoms with Gasteiger partial charge < -0.3 is 4.42 Å². The number of hydrazine groups is 2. The first-order chi connectivity index (χ1) is 25.3. The van der Waals surface area contributed by atoms with Crippen molar-refractivity contribution in [2.24, 2.45) is 9.98 Å². The lowest BCUT2D eigenvalue weighted by Gasteiger charge is -2.15. The molecule has 0 amide bonds. The molecule has 0 saturated heterocycles. The van der Waals surface area contributed by atoms with E-state index < -0.39 is 0 Å². The molecule has 2 aliphatic rings. The summed E-state index contributed by atoms with van der Waals surface area (Å²) in [5.74, 6) is 1.76. The van der Waals surface area contributed by atoms with E-state index >= 15 is 0 Å². The van der Waals surface area contributed by atoms with Gasteiger partial charge in [-0.15, -0.1) is 0 Å². The lowest BCUT2D eigenvalue weighted by atomic mass is 10.1. The molecule has 242 valence electrons. The first-order valence-corrected chi connectivity index (χ1v) is 16.6.